The number of nitrogens with zero attached hydrogens (tertiary/aromatic N) is 1. The number of hydrogen-bond donors (Lipinski definition) is 3. The Morgan fingerprint density at radius 2 is 2.15 bits per heavy atom. The fourth-order valence-corrected chi connectivity index (χ4v) is 6.06. The van der Waals surface area contributed by atoms with Crippen LogP contribution in [0.4, 0.5) is 0 Å². The Bertz CT molecular complexity index is 665. The molecule has 1 aliphatic carbocycles. The van der Waals surface area contributed by atoms with Crippen LogP contribution in [0.5, 0.6) is 0 Å². The van der Waals surface area contributed by atoms with E-state index < -0.39 is 5.54 Å². The highest BCUT2D eigenvalue weighted by Gasteiger charge is 2.67. The molecular formula is C22H33N3O2. The molecule has 148 valence electrons. The molecule has 3 heterocycles. The van der Waals surface area contributed by atoms with Crippen LogP contribution in [-0.4, -0.2) is 60.3 Å². The molecule has 4 bridgehead atoms. The molecule has 0 unspecified atom stereocenters. The highest BCUT2D eigenvalue weighted by molar-refractivity contribution is 5.89. The zero-order valence-electron chi connectivity index (χ0n) is 16.5. The molecule has 5 heteroatoms. The number of amides is 1. The van der Waals surface area contributed by atoms with E-state index in [1.807, 2.05) is 0 Å². The minimum Gasteiger partial charge on any atom is -0.395 e. The number of benzene rings is 1. The minimum absolute atomic E-state index is 0.0110. The lowest BCUT2D eigenvalue weighted by molar-refractivity contribution is -0.138. The third-order valence-corrected chi connectivity index (χ3v) is 6.90. The highest BCUT2D eigenvalue weighted by atomic mass is 16.3. The SMILES string of the molecule is CC(C)CN1C[C@@H]2C[C@H]3CN[C@]2(C(=O)NCCO)[C@@H]1[C@@H]3Cc1ccccc1. The van der Waals surface area contributed by atoms with Gasteiger partial charge in [0.1, 0.15) is 5.54 Å². The predicted octanol–water partition coefficient (Wildman–Crippen LogP) is 1.27. The number of aliphatic hydroxyl groups is 1. The zero-order valence-corrected chi connectivity index (χ0v) is 16.5. The summed E-state index contributed by atoms with van der Waals surface area (Å²) in [7, 11) is 0. The van der Waals surface area contributed by atoms with Crippen molar-refractivity contribution in [2.75, 3.05) is 32.8 Å². The van der Waals surface area contributed by atoms with E-state index in [1.54, 1.807) is 0 Å². The van der Waals surface area contributed by atoms with Crippen LogP contribution >= 0.6 is 0 Å². The normalized spacial score (nSPS) is 35.0. The van der Waals surface area contributed by atoms with Crippen LogP contribution in [0.15, 0.2) is 30.3 Å². The van der Waals surface area contributed by atoms with Crippen LogP contribution in [-0.2, 0) is 11.2 Å². The van der Waals surface area contributed by atoms with Crippen molar-refractivity contribution in [3.8, 4) is 0 Å². The number of nitrogens with one attached hydrogen (secondary N) is 2. The van der Waals surface area contributed by atoms with Crippen molar-refractivity contribution in [1.82, 2.24) is 15.5 Å². The second kappa shape index (κ2) is 7.53. The van der Waals surface area contributed by atoms with Crippen molar-refractivity contribution in [3.63, 3.8) is 0 Å². The number of hydrogen-bond acceptors (Lipinski definition) is 4. The first-order valence-electron chi connectivity index (χ1n) is 10.5. The van der Waals surface area contributed by atoms with E-state index in [0.717, 1.165) is 32.5 Å². The summed E-state index contributed by atoms with van der Waals surface area (Å²) in [6.07, 6.45) is 2.16. The van der Waals surface area contributed by atoms with Crippen molar-refractivity contribution >= 4 is 5.91 Å². The number of fused-ring (bicyclic) bond motifs is 1. The van der Waals surface area contributed by atoms with Crippen LogP contribution in [0.1, 0.15) is 25.8 Å². The largest absolute Gasteiger partial charge is 0.395 e. The molecular weight excluding hydrogens is 338 g/mol. The summed E-state index contributed by atoms with van der Waals surface area (Å²) in [5, 5.41) is 15.9. The second-order valence-electron chi connectivity index (χ2n) is 9.07. The van der Waals surface area contributed by atoms with E-state index in [2.05, 4.69) is 59.7 Å². The minimum atomic E-state index is -0.502. The molecule has 5 nitrogen and oxygen atoms in total. The monoisotopic (exact) mass is 371 g/mol. The van der Waals surface area contributed by atoms with E-state index in [9.17, 15) is 9.90 Å². The molecule has 4 aliphatic rings. The molecule has 5 atom stereocenters. The van der Waals surface area contributed by atoms with Gasteiger partial charge in [-0.15, -0.1) is 0 Å². The van der Waals surface area contributed by atoms with E-state index in [0.29, 0.717) is 30.2 Å². The van der Waals surface area contributed by atoms with Gasteiger partial charge in [0.25, 0.3) is 0 Å². The average molecular weight is 372 g/mol. The van der Waals surface area contributed by atoms with E-state index in [1.165, 1.54) is 5.56 Å². The maximum Gasteiger partial charge on any atom is 0.242 e. The first-order valence-corrected chi connectivity index (χ1v) is 10.5. The second-order valence-corrected chi connectivity index (χ2v) is 9.07. The number of carbonyl (C=O) groups excluding carboxylic acids is 1. The van der Waals surface area contributed by atoms with Crippen LogP contribution in [0, 0.1) is 23.7 Å². The first kappa shape index (κ1) is 18.9. The van der Waals surface area contributed by atoms with Gasteiger partial charge in [-0.3, -0.25) is 9.69 Å². The molecule has 4 fully saturated rings. The van der Waals surface area contributed by atoms with E-state index >= 15 is 0 Å². The fourth-order valence-electron chi connectivity index (χ4n) is 6.06. The third-order valence-electron chi connectivity index (χ3n) is 6.90. The maximum absolute atomic E-state index is 13.3. The Hall–Kier alpha value is -1.43. The van der Waals surface area contributed by atoms with E-state index in [4.69, 9.17) is 0 Å². The third kappa shape index (κ3) is 3.20. The molecule has 1 amide bonds. The lowest BCUT2D eigenvalue weighted by Gasteiger charge is -2.56. The molecule has 1 aromatic rings. The average Bonchev–Trinajstić information content (AvgIpc) is 2.91. The number of rotatable bonds is 7. The van der Waals surface area contributed by atoms with Gasteiger partial charge in [0.15, 0.2) is 0 Å². The summed E-state index contributed by atoms with van der Waals surface area (Å²) < 4.78 is 0. The van der Waals surface area contributed by atoms with Gasteiger partial charge in [0.05, 0.1) is 6.61 Å². The summed E-state index contributed by atoms with van der Waals surface area (Å²) in [6.45, 7) is 7.81. The maximum atomic E-state index is 13.3. The molecule has 27 heavy (non-hydrogen) atoms. The van der Waals surface area contributed by atoms with Crippen LogP contribution < -0.4 is 10.6 Å². The molecule has 3 saturated heterocycles. The van der Waals surface area contributed by atoms with Crippen molar-refractivity contribution in [1.29, 1.82) is 0 Å². The summed E-state index contributed by atoms with van der Waals surface area (Å²) in [5.74, 6) is 2.16. The Labute approximate surface area is 162 Å². The quantitative estimate of drug-likeness (QED) is 0.675. The van der Waals surface area contributed by atoms with Gasteiger partial charge in [-0.25, -0.2) is 0 Å². The standard InChI is InChI=1S/C22H33N3O2/c1-15(2)13-25-14-18-11-17-12-24-22(18,21(27)23-8-9-26)20(25)19(17)10-16-6-4-3-5-7-16/h3-7,15,17-20,24,26H,8-14H2,1-2H3,(H,23,27)/t17-,18-,19+,20-,22-/m0/s1. The first-order chi connectivity index (χ1) is 13.1. The van der Waals surface area contributed by atoms with Crippen LogP contribution in [0.2, 0.25) is 0 Å². The number of aliphatic hydroxyl groups excluding tert-OH is 1. The number of carbonyl (C=O) groups is 1. The van der Waals surface area contributed by atoms with Gasteiger partial charge in [0, 0.05) is 31.6 Å². The van der Waals surface area contributed by atoms with Gasteiger partial charge in [-0.05, 0) is 42.7 Å². The number of likely N-dealkylation sites (tertiary alicyclic amines) is 1. The van der Waals surface area contributed by atoms with Gasteiger partial charge in [-0.2, -0.15) is 0 Å². The predicted molar refractivity (Wildman–Crippen MR) is 106 cm³/mol. The van der Waals surface area contributed by atoms with Crippen LogP contribution in [0.25, 0.3) is 0 Å². The molecule has 0 aromatic heterocycles. The molecule has 3 aliphatic heterocycles. The van der Waals surface area contributed by atoms with Crippen molar-refractivity contribution in [2.45, 2.75) is 38.3 Å². The molecule has 3 N–H and O–H groups in total. The molecule has 0 radical (unpaired) electrons. The smallest absolute Gasteiger partial charge is 0.242 e. The lowest BCUT2D eigenvalue weighted by atomic mass is 9.58. The summed E-state index contributed by atoms with van der Waals surface area (Å²) in [6, 6.07) is 11.0. The molecule has 1 aromatic carbocycles. The van der Waals surface area contributed by atoms with Crippen LogP contribution in [0.3, 0.4) is 0 Å². The summed E-state index contributed by atoms with van der Waals surface area (Å²) in [5.41, 5.74) is 0.868. The zero-order chi connectivity index (χ0) is 19.0. The van der Waals surface area contributed by atoms with Gasteiger partial charge >= 0.3 is 0 Å². The van der Waals surface area contributed by atoms with E-state index in [-0.39, 0.29) is 18.6 Å². The topological polar surface area (TPSA) is 64.6 Å². The molecule has 1 saturated carbocycles. The van der Waals surface area contributed by atoms with Crippen molar-refractivity contribution in [3.05, 3.63) is 35.9 Å². The lowest BCUT2D eigenvalue weighted by Crippen LogP contribution is -2.76. The van der Waals surface area contributed by atoms with Gasteiger partial charge < -0.3 is 15.7 Å². The van der Waals surface area contributed by atoms with Gasteiger partial charge in [0.2, 0.25) is 5.91 Å². The summed E-state index contributed by atoms with van der Waals surface area (Å²) in [4.78, 5) is 15.9. The fraction of sp³-hybridized carbons (Fsp3) is 0.682. The Balaban J connectivity index is 1.67. The van der Waals surface area contributed by atoms with Crippen molar-refractivity contribution < 1.29 is 9.90 Å². The summed E-state index contributed by atoms with van der Waals surface area (Å²) >= 11 is 0. The van der Waals surface area contributed by atoms with Crippen molar-refractivity contribution in [2.24, 2.45) is 23.7 Å². The van der Waals surface area contributed by atoms with Gasteiger partial charge in [-0.1, -0.05) is 44.2 Å². The molecule has 0 spiro atoms. The Morgan fingerprint density at radius 3 is 2.85 bits per heavy atom. The highest BCUT2D eigenvalue weighted by Crippen LogP contribution is 2.53. The number of piperidine rings is 2. The molecule has 5 rings (SSSR count). The Morgan fingerprint density at radius 1 is 1.37 bits per heavy atom. The Kier molecular flexibility index (Phi) is 5.28.